The van der Waals surface area contributed by atoms with E-state index in [4.69, 9.17) is 0 Å². The van der Waals surface area contributed by atoms with E-state index in [0.29, 0.717) is 34.4 Å². The summed E-state index contributed by atoms with van der Waals surface area (Å²) in [5.74, 6) is 1.93. The second-order valence-corrected chi connectivity index (χ2v) is 11.3. The maximum Gasteiger partial charge on any atom is 0.290 e. The number of hydrogen-bond donors (Lipinski definition) is 2. The molecule has 2 aromatic carbocycles. The predicted octanol–water partition coefficient (Wildman–Crippen LogP) is 5.76. The fraction of sp³-hybridized carbons (Fsp3) is 0.385. The molecule has 2 aromatic rings. The highest BCUT2D eigenvalue weighted by atomic mass is 32.2. The first-order valence-corrected chi connectivity index (χ1v) is 12.5. The van der Waals surface area contributed by atoms with E-state index < -0.39 is 16.1 Å². The second kappa shape index (κ2) is 7.70. The van der Waals surface area contributed by atoms with Gasteiger partial charge >= 0.3 is 0 Å². The molecule has 5 aliphatic rings. The molecule has 0 spiro atoms. The Balaban J connectivity index is 1.40. The topological polar surface area (TPSA) is 110 Å². The molecular weight excluding hydrogens is 452 g/mol. The predicted molar refractivity (Wildman–Crippen MR) is 129 cm³/mol. The minimum atomic E-state index is -0.500. The van der Waals surface area contributed by atoms with E-state index in [1.54, 1.807) is 24.3 Å². The number of carbonyl (C=O) groups is 2. The summed E-state index contributed by atoms with van der Waals surface area (Å²) in [5, 5.41) is 24.6. The van der Waals surface area contributed by atoms with Gasteiger partial charge in [0, 0.05) is 11.6 Å². The van der Waals surface area contributed by atoms with Gasteiger partial charge in [-0.25, -0.2) is 0 Å². The van der Waals surface area contributed by atoms with E-state index in [0.717, 1.165) is 36.6 Å². The molecule has 5 fully saturated rings. The van der Waals surface area contributed by atoms with Crippen LogP contribution in [0.3, 0.4) is 0 Å². The van der Waals surface area contributed by atoms with Crippen molar-refractivity contribution in [1.29, 1.82) is 0 Å². The number of hydrogen-bond acceptors (Lipinski definition) is 6. The highest BCUT2D eigenvalue weighted by molar-refractivity contribution is 8.18. The average molecular weight is 477 g/mol. The lowest BCUT2D eigenvalue weighted by Crippen LogP contribution is -2.48. The monoisotopic (exact) mass is 476 g/mol. The summed E-state index contributed by atoms with van der Waals surface area (Å²) in [6.07, 6.45) is 8.63. The molecule has 0 unspecified atom stereocenters. The van der Waals surface area contributed by atoms with Gasteiger partial charge in [0.2, 0.25) is 0 Å². The Hall–Kier alpha value is -3.13. The third-order valence-electron chi connectivity index (χ3n) is 8.08. The molecule has 0 radical (unpaired) electrons. The van der Waals surface area contributed by atoms with Crippen molar-refractivity contribution < 1.29 is 19.6 Å². The van der Waals surface area contributed by atoms with Crippen LogP contribution in [0.5, 0.6) is 5.75 Å². The number of nitro benzene ring substituents is 1. The molecule has 1 saturated heterocycles. The summed E-state index contributed by atoms with van der Waals surface area (Å²) < 4.78 is 0. The van der Waals surface area contributed by atoms with Gasteiger partial charge in [-0.15, -0.1) is 0 Å². The fourth-order valence-corrected chi connectivity index (χ4v) is 7.86. The number of nitrogens with zero attached hydrogens (tertiary/aromatic N) is 1. The fourth-order valence-electron chi connectivity index (χ4n) is 7.17. The van der Waals surface area contributed by atoms with Crippen LogP contribution in [0.25, 0.3) is 17.2 Å². The molecule has 0 atom stereocenters. The number of phenols is 1. The number of nitro groups is 1. The van der Waals surface area contributed by atoms with Crippen LogP contribution in [0.15, 0.2) is 41.3 Å². The minimum absolute atomic E-state index is 0.0341. The standard InChI is InChI=1S/C26H24N2O5S/c29-22-4-2-18(10-20(22)26-11-15-5-16(12-26)7-17(6-15)13-26)19-3-1-14(8-21(19)28(32)33)9-23-24(30)27-25(31)34-23/h1-4,8-10,15-17,29H,5-7,11-13H2,(H,27,30,31)/b23-9-. The molecule has 2 N–H and O–H groups in total. The average Bonchev–Trinajstić information content (AvgIpc) is 3.09. The zero-order valence-corrected chi connectivity index (χ0v) is 19.3. The zero-order valence-electron chi connectivity index (χ0n) is 18.5. The Bertz CT molecular complexity index is 1250. The van der Waals surface area contributed by atoms with Gasteiger partial charge in [-0.2, -0.15) is 0 Å². The maximum absolute atomic E-state index is 12.0. The first-order chi connectivity index (χ1) is 16.3. The lowest BCUT2D eigenvalue weighted by atomic mass is 9.48. The molecule has 7 rings (SSSR count). The number of phenolic OH excluding ortho intramolecular Hbond substituents is 1. The van der Waals surface area contributed by atoms with Gasteiger partial charge in [0.05, 0.1) is 15.4 Å². The van der Waals surface area contributed by atoms with Crippen LogP contribution in [0.1, 0.15) is 49.7 Å². The Labute approximate surface area is 200 Å². The molecular formula is C26H24N2O5S. The molecule has 174 valence electrons. The Kier molecular flexibility index (Phi) is 4.85. The largest absolute Gasteiger partial charge is 0.508 e. The van der Waals surface area contributed by atoms with Crippen molar-refractivity contribution in [3.05, 3.63) is 62.5 Å². The van der Waals surface area contributed by atoms with Gasteiger partial charge in [0.15, 0.2) is 0 Å². The van der Waals surface area contributed by atoms with Crippen molar-refractivity contribution in [1.82, 2.24) is 5.32 Å². The van der Waals surface area contributed by atoms with Gasteiger partial charge in [-0.05, 0) is 109 Å². The molecule has 4 saturated carbocycles. The zero-order chi connectivity index (χ0) is 23.6. The lowest BCUT2D eigenvalue weighted by Gasteiger charge is -2.57. The van der Waals surface area contributed by atoms with Crippen LogP contribution in [0.2, 0.25) is 0 Å². The van der Waals surface area contributed by atoms with Crippen LogP contribution < -0.4 is 5.32 Å². The Morgan fingerprint density at radius 1 is 1.03 bits per heavy atom. The number of thioether (sulfide) groups is 1. The number of amides is 2. The molecule has 4 aliphatic carbocycles. The molecule has 0 aromatic heterocycles. The molecule has 4 bridgehead atoms. The van der Waals surface area contributed by atoms with E-state index in [1.165, 1.54) is 31.4 Å². The van der Waals surface area contributed by atoms with Crippen LogP contribution >= 0.6 is 11.8 Å². The highest BCUT2D eigenvalue weighted by Crippen LogP contribution is 2.62. The highest BCUT2D eigenvalue weighted by Gasteiger charge is 2.52. The maximum atomic E-state index is 12.0. The van der Waals surface area contributed by atoms with Gasteiger partial charge in [0.1, 0.15) is 5.75 Å². The van der Waals surface area contributed by atoms with Crippen molar-refractivity contribution in [3.8, 4) is 16.9 Å². The number of nitrogens with one attached hydrogen (secondary N) is 1. The number of aromatic hydroxyl groups is 1. The number of benzene rings is 2. The molecule has 34 heavy (non-hydrogen) atoms. The normalized spacial score (nSPS) is 30.7. The molecule has 7 nitrogen and oxygen atoms in total. The SMILES string of the molecule is O=C1NC(=O)/C(=C/c2ccc(-c3ccc(O)c(C45CC6CC(CC(C6)C4)C5)c3)c([N+](=O)[O-])c2)S1. The van der Waals surface area contributed by atoms with Gasteiger partial charge in [-0.1, -0.05) is 12.1 Å². The molecule has 1 heterocycles. The summed E-state index contributed by atoms with van der Waals surface area (Å²) in [4.78, 5) is 35.0. The first-order valence-electron chi connectivity index (χ1n) is 11.7. The summed E-state index contributed by atoms with van der Waals surface area (Å²) in [6.45, 7) is 0. The van der Waals surface area contributed by atoms with Gasteiger partial charge < -0.3 is 5.11 Å². The third-order valence-corrected chi connectivity index (χ3v) is 8.89. The Morgan fingerprint density at radius 3 is 2.29 bits per heavy atom. The van der Waals surface area contributed by atoms with Crippen molar-refractivity contribution in [3.63, 3.8) is 0 Å². The van der Waals surface area contributed by atoms with E-state index in [1.807, 2.05) is 6.07 Å². The quantitative estimate of drug-likeness (QED) is 0.330. The van der Waals surface area contributed by atoms with Crippen molar-refractivity contribution in [2.45, 2.75) is 43.9 Å². The van der Waals surface area contributed by atoms with E-state index in [-0.39, 0.29) is 21.8 Å². The summed E-state index contributed by atoms with van der Waals surface area (Å²) in [6, 6.07) is 10.2. The number of rotatable bonds is 4. The number of carbonyl (C=O) groups excluding carboxylic acids is 2. The van der Waals surface area contributed by atoms with E-state index in [9.17, 15) is 24.8 Å². The minimum Gasteiger partial charge on any atom is -0.508 e. The van der Waals surface area contributed by atoms with Gasteiger partial charge in [0.25, 0.3) is 16.8 Å². The van der Waals surface area contributed by atoms with E-state index in [2.05, 4.69) is 5.32 Å². The van der Waals surface area contributed by atoms with Crippen molar-refractivity contribution in [2.24, 2.45) is 17.8 Å². The summed E-state index contributed by atoms with van der Waals surface area (Å²) in [7, 11) is 0. The van der Waals surface area contributed by atoms with Crippen LogP contribution in [-0.2, 0) is 10.2 Å². The lowest BCUT2D eigenvalue weighted by molar-refractivity contribution is -0.384. The smallest absolute Gasteiger partial charge is 0.290 e. The van der Waals surface area contributed by atoms with Crippen molar-refractivity contribution in [2.75, 3.05) is 0 Å². The summed E-state index contributed by atoms with van der Waals surface area (Å²) >= 11 is 0.778. The van der Waals surface area contributed by atoms with Gasteiger partial charge in [-0.3, -0.25) is 25.0 Å². The third kappa shape index (κ3) is 3.52. The van der Waals surface area contributed by atoms with Crippen molar-refractivity contribution >= 4 is 34.7 Å². The Morgan fingerprint density at radius 2 is 1.71 bits per heavy atom. The second-order valence-electron chi connectivity index (χ2n) is 10.3. The molecule has 1 aliphatic heterocycles. The molecule has 2 amide bonds. The van der Waals surface area contributed by atoms with Crippen LogP contribution in [0, 0.1) is 27.9 Å². The number of imide groups is 1. The molecule has 8 heteroatoms. The van der Waals surface area contributed by atoms with Crippen LogP contribution in [-0.4, -0.2) is 21.2 Å². The van der Waals surface area contributed by atoms with Crippen LogP contribution in [0.4, 0.5) is 10.5 Å². The summed E-state index contributed by atoms with van der Waals surface area (Å²) in [5.41, 5.74) is 2.47. The first kappa shape index (κ1) is 21.4. The van der Waals surface area contributed by atoms with E-state index >= 15 is 0 Å².